The van der Waals surface area contributed by atoms with E-state index in [0.717, 1.165) is 43.2 Å². The van der Waals surface area contributed by atoms with Crippen LogP contribution in [0.2, 0.25) is 0 Å². The molecule has 0 unspecified atom stereocenters. The molecule has 0 radical (unpaired) electrons. The van der Waals surface area contributed by atoms with Gasteiger partial charge in [0, 0.05) is 6.54 Å². The van der Waals surface area contributed by atoms with Crippen LogP contribution in [-0.4, -0.2) is 26.0 Å². The maximum absolute atomic E-state index is 12.5. The average molecular weight is 309 g/mol. The standard InChI is InChI=1S/C15H19NO4S/c17-15(18)12-7-11-3-1-2-4-13(11)14(8-12)21(19,20)16-9-10-5-6-10/h7-8,10,16H,1-6,9H2,(H,17,18). The Morgan fingerprint density at radius 1 is 1.24 bits per heavy atom. The number of carboxylic acids is 1. The van der Waals surface area contributed by atoms with E-state index in [4.69, 9.17) is 0 Å². The molecule has 2 N–H and O–H groups in total. The average Bonchev–Trinajstić information content (AvgIpc) is 3.28. The topological polar surface area (TPSA) is 83.5 Å². The van der Waals surface area contributed by atoms with Crippen LogP contribution in [0.3, 0.4) is 0 Å². The summed E-state index contributed by atoms with van der Waals surface area (Å²) in [6, 6.07) is 2.93. The van der Waals surface area contributed by atoms with Crippen molar-refractivity contribution in [1.82, 2.24) is 4.72 Å². The fourth-order valence-electron chi connectivity index (χ4n) is 2.82. The summed E-state index contributed by atoms with van der Waals surface area (Å²) in [7, 11) is -3.63. The van der Waals surface area contributed by atoms with Gasteiger partial charge in [0.05, 0.1) is 10.5 Å². The Labute approximate surface area is 124 Å². The molecule has 0 atom stereocenters. The minimum absolute atomic E-state index is 0.0578. The number of fused-ring (bicyclic) bond motifs is 1. The summed E-state index contributed by atoms with van der Waals surface area (Å²) in [5.74, 6) is -0.639. The van der Waals surface area contributed by atoms with Gasteiger partial charge in [0.1, 0.15) is 0 Å². The van der Waals surface area contributed by atoms with Crippen molar-refractivity contribution in [2.45, 2.75) is 43.4 Å². The quantitative estimate of drug-likeness (QED) is 0.871. The number of hydrogen-bond donors (Lipinski definition) is 2. The Morgan fingerprint density at radius 3 is 2.62 bits per heavy atom. The summed E-state index contributed by atoms with van der Waals surface area (Å²) < 4.78 is 27.6. The molecule has 1 aromatic carbocycles. The van der Waals surface area contributed by atoms with Crippen LogP contribution in [-0.2, 0) is 22.9 Å². The molecule has 0 amide bonds. The van der Waals surface area contributed by atoms with Crippen LogP contribution in [0.5, 0.6) is 0 Å². The smallest absolute Gasteiger partial charge is 0.335 e. The van der Waals surface area contributed by atoms with E-state index < -0.39 is 16.0 Å². The van der Waals surface area contributed by atoms with Crippen molar-refractivity contribution >= 4 is 16.0 Å². The molecule has 6 heteroatoms. The summed E-state index contributed by atoms with van der Waals surface area (Å²) in [6.45, 7) is 0.453. The van der Waals surface area contributed by atoms with Gasteiger partial charge in [-0.2, -0.15) is 0 Å². The summed E-state index contributed by atoms with van der Waals surface area (Å²) >= 11 is 0. The summed E-state index contributed by atoms with van der Waals surface area (Å²) in [5, 5.41) is 9.19. The molecule has 0 saturated heterocycles. The van der Waals surface area contributed by atoms with E-state index >= 15 is 0 Å². The fraction of sp³-hybridized carbons (Fsp3) is 0.533. The van der Waals surface area contributed by atoms with Gasteiger partial charge < -0.3 is 5.11 Å². The molecule has 1 aromatic rings. The number of benzene rings is 1. The third kappa shape index (κ3) is 3.11. The molecule has 114 valence electrons. The van der Waals surface area contributed by atoms with E-state index in [1.165, 1.54) is 6.07 Å². The minimum Gasteiger partial charge on any atom is -0.478 e. The summed E-state index contributed by atoms with van der Waals surface area (Å²) in [5.41, 5.74) is 1.73. The first-order valence-corrected chi connectivity index (χ1v) is 8.84. The number of carbonyl (C=O) groups is 1. The number of aromatic carboxylic acids is 1. The van der Waals surface area contributed by atoms with Crippen molar-refractivity contribution in [3.63, 3.8) is 0 Å². The highest BCUT2D eigenvalue weighted by Crippen LogP contribution is 2.31. The largest absolute Gasteiger partial charge is 0.478 e. The maximum atomic E-state index is 12.5. The highest BCUT2D eigenvalue weighted by atomic mass is 32.2. The first-order valence-electron chi connectivity index (χ1n) is 7.36. The zero-order valence-electron chi connectivity index (χ0n) is 11.8. The normalized spacial score (nSPS) is 18.3. The van der Waals surface area contributed by atoms with Gasteiger partial charge in [-0.25, -0.2) is 17.9 Å². The minimum atomic E-state index is -3.63. The molecule has 1 saturated carbocycles. The van der Waals surface area contributed by atoms with Gasteiger partial charge in [-0.15, -0.1) is 0 Å². The Balaban J connectivity index is 2.01. The number of aryl methyl sites for hydroxylation is 1. The van der Waals surface area contributed by atoms with Gasteiger partial charge in [0.2, 0.25) is 10.0 Å². The van der Waals surface area contributed by atoms with Gasteiger partial charge in [-0.05, 0) is 67.7 Å². The van der Waals surface area contributed by atoms with Gasteiger partial charge in [-0.1, -0.05) is 0 Å². The molecule has 21 heavy (non-hydrogen) atoms. The second-order valence-electron chi connectivity index (χ2n) is 5.92. The van der Waals surface area contributed by atoms with Crippen LogP contribution >= 0.6 is 0 Å². The monoisotopic (exact) mass is 309 g/mol. The SMILES string of the molecule is O=C(O)c1cc2c(c(S(=O)(=O)NCC3CC3)c1)CCCC2. The number of nitrogens with one attached hydrogen (secondary N) is 1. The Kier molecular flexibility index (Phi) is 3.75. The zero-order chi connectivity index (χ0) is 15.0. The van der Waals surface area contributed by atoms with Crippen molar-refractivity contribution in [1.29, 1.82) is 0 Å². The molecule has 2 aliphatic carbocycles. The van der Waals surface area contributed by atoms with E-state index in [9.17, 15) is 18.3 Å². The molecule has 2 aliphatic rings. The van der Waals surface area contributed by atoms with Gasteiger partial charge >= 0.3 is 5.97 Å². The number of rotatable bonds is 5. The number of hydrogen-bond acceptors (Lipinski definition) is 3. The van der Waals surface area contributed by atoms with E-state index in [2.05, 4.69) is 4.72 Å². The predicted octanol–water partition coefficient (Wildman–Crippen LogP) is 1.95. The van der Waals surface area contributed by atoms with Gasteiger partial charge in [0.15, 0.2) is 0 Å². The van der Waals surface area contributed by atoms with Crippen LogP contribution in [0.4, 0.5) is 0 Å². The predicted molar refractivity (Wildman–Crippen MR) is 78.0 cm³/mol. The van der Waals surface area contributed by atoms with E-state index in [0.29, 0.717) is 18.9 Å². The Morgan fingerprint density at radius 2 is 1.95 bits per heavy atom. The van der Waals surface area contributed by atoms with E-state index in [-0.39, 0.29) is 10.5 Å². The van der Waals surface area contributed by atoms with Crippen LogP contribution in [0.25, 0.3) is 0 Å². The molecule has 0 aliphatic heterocycles. The van der Waals surface area contributed by atoms with Crippen LogP contribution in [0.15, 0.2) is 17.0 Å². The van der Waals surface area contributed by atoms with Crippen molar-refractivity contribution in [3.05, 3.63) is 28.8 Å². The van der Waals surface area contributed by atoms with Crippen molar-refractivity contribution in [3.8, 4) is 0 Å². The molecule has 3 rings (SSSR count). The third-order valence-corrected chi connectivity index (χ3v) is 5.71. The third-order valence-electron chi connectivity index (χ3n) is 4.22. The molecular weight excluding hydrogens is 290 g/mol. The lowest BCUT2D eigenvalue weighted by Crippen LogP contribution is -2.28. The number of sulfonamides is 1. The molecule has 5 nitrogen and oxygen atoms in total. The molecular formula is C15H19NO4S. The van der Waals surface area contributed by atoms with Crippen LogP contribution < -0.4 is 4.72 Å². The fourth-order valence-corrected chi connectivity index (χ4v) is 4.27. The molecule has 0 heterocycles. The second-order valence-corrected chi connectivity index (χ2v) is 7.65. The summed E-state index contributed by atoms with van der Waals surface area (Å²) in [4.78, 5) is 11.4. The Bertz CT molecular complexity index is 677. The first-order chi connectivity index (χ1) is 9.97. The zero-order valence-corrected chi connectivity index (χ0v) is 12.6. The van der Waals surface area contributed by atoms with Crippen molar-refractivity contribution in [2.24, 2.45) is 5.92 Å². The lowest BCUT2D eigenvalue weighted by atomic mass is 9.90. The first kappa shape index (κ1) is 14.5. The second kappa shape index (κ2) is 5.42. The van der Waals surface area contributed by atoms with E-state index in [1.54, 1.807) is 6.07 Å². The van der Waals surface area contributed by atoms with Crippen molar-refractivity contribution < 1.29 is 18.3 Å². The lowest BCUT2D eigenvalue weighted by Gasteiger charge is -2.20. The van der Waals surface area contributed by atoms with Gasteiger partial charge in [0.25, 0.3) is 0 Å². The highest BCUT2D eigenvalue weighted by molar-refractivity contribution is 7.89. The molecule has 1 fully saturated rings. The number of carboxylic acid groups (broad SMARTS) is 1. The molecule has 0 aromatic heterocycles. The lowest BCUT2D eigenvalue weighted by molar-refractivity contribution is 0.0696. The Hall–Kier alpha value is -1.40. The van der Waals surface area contributed by atoms with Crippen LogP contribution in [0.1, 0.15) is 47.2 Å². The highest BCUT2D eigenvalue weighted by Gasteiger charge is 2.28. The summed E-state index contributed by atoms with van der Waals surface area (Å²) in [6.07, 6.45) is 5.51. The van der Waals surface area contributed by atoms with Gasteiger partial charge in [-0.3, -0.25) is 0 Å². The molecule has 0 bridgehead atoms. The molecule has 0 spiro atoms. The van der Waals surface area contributed by atoms with E-state index in [1.807, 2.05) is 0 Å². The van der Waals surface area contributed by atoms with Crippen LogP contribution in [0, 0.1) is 5.92 Å². The maximum Gasteiger partial charge on any atom is 0.335 e. The van der Waals surface area contributed by atoms with Crippen molar-refractivity contribution in [2.75, 3.05) is 6.54 Å².